The average Bonchev–Trinajstić information content (AvgIpc) is 2.70. The Morgan fingerprint density at radius 2 is 2.00 bits per heavy atom. The first-order chi connectivity index (χ1) is 7.65. The Hall–Kier alpha value is -0.0900. The van der Waals surface area contributed by atoms with Gasteiger partial charge in [0, 0.05) is 16.7 Å². The Morgan fingerprint density at radius 3 is 2.56 bits per heavy atom. The van der Waals surface area contributed by atoms with Crippen LogP contribution < -0.4 is 0 Å². The minimum atomic E-state index is 0.835. The highest BCUT2D eigenvalue weighted by Gasteiger charge is 2.24. The molecule has 1 heterocycles. The van der Waals surface area contributed by atoms with Crippen LogP contribution in [0.5, 0.6) is 0 Å². The molecule has 0 radical (unpaired) electrons. The molecule has 0 amide bonds. The highest BCUT2D eigenvalue weighted by molar-refractivity contribution is 14.1. The lowest BCUT2D eigenvalue weighted by Crippen LogP contribution is -2.21. The smallest absolute Gasteiger partial charge is 0.0233 e. The van der Waals surface area contributed by atoms with Crippen LogP contribution in [0.4, 0.5) is 0 Å². The number of hydrogen-bond donors (Lipinski definition) is 0. The van der Waals surface area contributed by atoms with Crippen molar-refractivity contribution < 1.29 is 0 Å². The van der Waals surface area contributed by atoms with E-state index in [0.717, 1.165) is 18.4 Å². The first-order valence-electron chi connectivity index (χ1n) is 6.12. The molecule has 0 N–H and O–H groups in total. The topological polar surface area (TPSA) is 3.24 Å². The van der Waals surface area contributed by atoms with Gasteiger partial charge in [-0.05, 0) is 65.1 Å². The van der Waals surface area contributed by atoms with E-state index in [0.29, 0.717) is 0 Å². The molecule has 0 aliphatic carbocycles. The molecule has 16 heavy (non-hydrogen) atoms. The van der Waals surface area contributed by atoms with Gasteiger partial charge in [0.2, 0.25) is 0 Å². The third-order valence-electron chi connectivity index (χ3n) is 3.57. The van der Waals surface area contributed by atoms with Gasteiger partial charge in [-0.2, -0.15) is 0 Å². The summed E-state index contributed by atoms with van der Waals surface area (Å²) < 4.78 is 1.32. The standard InChI is InChI=1S/C14H20IN/c1-11(2)13-7-8-16(10-13)9-12-3-5-14(15)6-4-12/h3-6,11,13H,7-10H2,1-2H3. The van der Waals surface area contributed by atoms with Crippen molar-refractivity contribution in [3.05, 3.63) is 33.4 Å². The monoisotopic (exact) mass is 329 g/mol. The fourth-order valence-electron chi connectivity index (χ4n) is 2.40. The van der Waals surface area contributed by atoms with Crippen molar-refractivity contribution in [2.24, 2.45) is 11.8 Å². The molecule has 1 atom stereocenters. The second kappa shape index (κ2) is 5.50. The number of likely N-dealkylation sites (tertiary alicyclic amines) is 1. The minimum absolute atomic E-state index is 0.835. The SMILES string of the molecule is CC(C)C1CCN(Cc2ccc(I)cc2)C1. The van der Waals surface area contributed by atoms with Crippen LogP contribution in [0.2, 0.25) is 0 Å². The summed E-state index contributed by atoms with van der Waals surface area (Å²) in [5, 5.41) is 0. The maximum absolute atomic E-state index is 2.59. The quantitative estimate of drug-likeness (QED) is 0.763. The molecule has 88 valence electrons. The van der Waals surface area contributed by atoms with Crippen molar-refractivity contribution in [1.29, 1.82) is 0 Å². The third-order valence-corrected chi connectivity index (χ3v) is 4.29. The Bertz CT molecular complexity index is 331. The number of benzene rings is 1. The molecule has 0 spiro atoms. The van der Waals surface area contributed by atoms with E-state index in [1.807, 2.05) is 0 Å². The molecular weight excluding hydrogens is 309 g/mol. The summed E-state index contributed by atoms with van der Waals surface area (Å²) in [6, 6.07) is 8.91. The Labute approximate surface area is 112 Å². The van der Waals surface area contributed by atoms with Crippen LogP contribution in [0.1, 0.15) is 25.8 Å². The maximum atomic E-state index is 2.59. The third kappa shape index (κ3) is 3.20. The molecule has 2 heteroatoms. The van der Waals surface area contributed by atoms with E-state index >= 15 is 0 Å². The first-order valence-corrected chi connectivity index (χ1v) is 7.20. The summed E-state index contributed by atoms with van der Waals surface area (Å²) in [5.74, 6) is 1.74. The molecule has 1 aromatic rings. The van der Waals surface area contributed by atoms with Gasteiger partial charge < -0.3 is 0 Å². The molecule has 0 saturated carbocycles. The largest absolute Gasteiger partial charge is 0.299 e. The zero-order valence-electron chi connectivity index (χ0n) is 10.1. The van der Waals surface area contributed by atoms with E-state index in [1.54, 1.807) is 0 Å². The summed E-state index contributed by atoms with van der Waals surface area (Å²) in [7, 11) is 0. The van der Waals surface area contributed by atoms with Gasteiger partial charge in [-0.25, -0.2) is 0 Å². The lowest BCUT2D eigenvalue weighted by molar-refractivity contribution is 0.297. The minimum Gasteiger partial charge on any atom is -0.299 e. The van der Waals surface area contributed by atoms with E-state index in [4.69, 9.17) is 0 Å². The molecule has 0 aromatic heterocycles. The van der Waals surface area contributed by atoms with Crippen LogP contribution >= 0.6 is 22.6 Å². The molecule has 1 aliphatic rings. The Morgan fingerprint density at radius 1 is 1.31 bits per heavy atom. The normalized spacial score (nSPS) is 21.9. The maximum Gasteiger partial charge on any atom is 0.0233 e. The molecule has 1 saturated heterocycles. The van der Waals surface area contributed by atoms with Crippen molar-refractivity contribution in [2.45, 2.75) is 26.8 Å². The van der Waals surface area contributed by atoms with Crippen molar-refractivity contribution in [1.82, 2.24) is 4.90 Å². The molecule has 1 aliphatic heterocycles. The molecule has 1 nitrogen and oxygen atoms in total. The number of halogens is 1. The summed E-state index contributed by atoms with van der Waals surface area (Å²) >= 11 is 2.36. The molecular formula is C14H20IN. The van der Waals surface area contributed by atoms with E-state index in [9.17, 15) is 0 Å². The number of rotatable bonds is 3. The summed E-state index contributed by atoms with van der Waals surface area (Å²) in [6.45, 7) is 8.37. The summed E-state index contributed by atoms with van der Waals surface area (Å²) in [6.07, 6.45) is 1.38. The molecule has 0 bridgehead atoms. The summed E-state index contributed by atoms with van der Waals surface area (Å²) in [5.41, 5.74) is 1.45. The highest BCUT2D eigenvalue weighted by atomic mass is 127. The predicted molar refractivity (Wildman–Crippen MR) is 77.4 cm³/mol. The lowest BCUT2D eigenvalue weighted by atomic mass is 9.95. The molecule has 1 fully saturated rings. The van der Waals surface area contributed by atoms with Crippen LogP contribution in [0.25, 0.3) is 0 Å². The van der Waals surface area contributed by atoms with Crippen molar-refractivity contribution in [3.63, 3.8) is 0 Å². The fourth-order valence-corrected chi connectivity index (χ4v) is 2.76. The molecule has 2 rings (SSSR count). The van der Waals surface area contributed by atoms with E-state index in [2.05, 4.69) is 65.6 Å². The fraction of sp³-hybridized carbons (Fsp3) is 0.571. The van der Waals surface area contributed by atoms with Gasteiger partial charge in [-0.1, -0.05) is 26.0 Å². The predicted octanol–water partition coefficient (Wildman–Crippen LogP) is 3.77. The van der Waals surface area contributed by atoms with Crippen LogP contribution in [-0.2, 0) is 6.54 Å². The second-order valence-electron chi connectivity index (χ2n) is 5.15. The zero-order valence-corrected chi connectivity index (χ0v) is 12.3. The highest BCUT2D eigenvalue weighted by Crippen LogP contribution is 2.24. The van der Waals surface area contributed by atoms with Crippen LogP contribution in [-0.4, -0.2) is 18.0 Å². The van der Waals surface area contributed by atoms with Crippen molar-refractivity contribution in [3.8, 4) is 0 Å². The zero-order chi connectivity index (χ0) is 11.5. The lowest BCUT2D eigenvalue weighted by Gasteiger charge is -2.17. The van der Waals surface area contributed by atoms with Crippen molar-refractivity contribution in [2.75, 3.05) is 13.1 Å². The van der Waals surface area contributed by atoms with Crippen LogP contribution in [0.15, 0.2) is 24.3 Å². The van der Waals surface area contributed by atoms with Gasteiger partial charge in [-0.15, -0.1) is 0 Å². The van der Waals surface area contributed by atoms with E-state index in [-0.39, 0.29) is 0 Å². The average molecular weight is 329 g/mol. The van der Waals surface area contributed by atoms with Crippen LogP contribution in [0, 0.1) is 15.4 Å². The molecule has 1 unspecified atom stereocenters. The van der Waals surface area contributed by atoms with Crippen molar-refractivity contribution >= 4 is 22.6 Å². The van der Waals surface area contributed by atoms with E-state index < -0.39 is 0 Å². The van der Waals surface area contributed by atoms with Crippen LogP contribution in [0.3, 0.4) is 0 Å². The van der Waals surface area contributed by atoms with Gasteiger partial charge in [0.05, 0.1) is 0 Å². The van der Waals surface area contributed by atoms with Gasteiger partial charge in [-0.3, -0.25) is 4.90 Å². The van der Waals surface area contributed by atoms with Gasteiger partial charge in [0.15, 0.2) is 0 Å². The van der Waals surface area contributed by atoms with E-state index in [1.165, 1.54) is 28.6 Å². The number of nitrogens with zero attached hydrogens (tertiary/aromatic N) is 1. The summed E-state index contributed by atoms with van der Waals surface area (Å²) in [4.78, 5) is 2.59. The van der Waals surface area contributed by atoms with Gasteiger partial charge in [0.25, 0.3) is 0 Å². The first kappa shape index (κ1) is 12.4. The molecule has 1 aromatic carbocycles. The Balaban J connectivity index is 1.89. The second-order valence-corrected chi connectivity index (χ2v) is 6.40. The van der Waals surface area contributed by atoms with Gasteiger partial charge >= 0.3 is 0 Å². The van der Waals surface area contributed by atoms with Gasteiger partial charge in [0.1, 0.15) is 0 Å². The number of hydrogen-bond acceptors (Lipinski definition) is 1. The Kier molecular flexibility index (Phi) is 4.25.